The molecular formula is C12H14N4S. The third kappa shape index (κ3) is 2.88. The van der Waals surface area contributed by atoms with Crippen LogP contribution in [0, 0.1) is 4.77 Å². The van der Waals surface area contributed by atoms with E-state index >= 15 is 0 Å². The lowest BCUT2D eigenvalue weighted by Crippen LogP contribution is -1.98. The molecule has 0 spiro atoms. The van der Waals surface area contributed by atoms with Crippen LogP contribution in [0.1, 0.15) is 24.7 Å². The maximum atomic E-state index is 5.13. The Morgan fingerprint density at radius 2 is 2.18 bits per heavy atom. The fourth-order valence-electron chi connectivity index (χ4n) is 1.49. The van der Waals surface area contributed by atoms with Gasteiger partial charge in [0, 0.05) is 6.42 Å². The van der Waals surface area contributed by atoms with Gasteiger partial charge in [-0.1, -0.05) is 37.3 Å². The maximum Gasteiger partial charge on any atom is 0.216 e. The maximum absolute atomic E-state index is 5.13. The Labute approximate surface area is 105 Å². The normalized spacial score (nSPS) is 11.1. The lowest BCUT2D eigenvalue weighted by atomic mass is 10.2. The first kappa shape index (κ1) is 11.7. The van der Waals surface area contributed by atoms with Gasteiger partial charge in [-0.3, -0.25) is 5.10 Å². The number of hydrogen-bond acceptors (Lipinski definition) is 3. The third-order valence-electron chi connectivity index (χ3n) is 2.31. The summed E-state index contributed by atoms with van der Waals surface area (Å²) in [4.78, 5) is 0. The van der Waals surface area contributed by atoms with Crippen LogP contribution in [0.15, 0.2) is 35.4 Å². The number of rotatable bonds is 4. The molecule has 0 aliphatic heterocycles. The summed E-state index contributed by atoms with van der Waals surface area (Å²) in [7, 11) is 0. The number of aryl methyl sites for hydroxylation is 1. The van der Waals surface area contributed by atoms with Crippen LogP contribution in [-0.2, 0) is 6.42 Å². The molecule has 0 bridgehead atoms. The molecule has 0 aliphatic carbocycles. The molecule has 1 heterocycles. The van der Waals surface area contributed by atoms with Gasteiger partial charge in [-0.2, -0.15) is 14.9 Å². The van der Waals surface area contributed by atoms with Crippen molar-refractivity contribution in [3.05, 3.63) is 46.5 Å². The molecule has 1 aromatic carbocycles. The van der Waals surface area contributed by atoms with Crippen LogP contribution in [0.3, 0.4) is 0 Å². The van der Waals surface area contributed by atoms with E-state index in [0.29, 0.717) is 4.77 Å². The zero-order valence-electron chi connectivity index (χ0n) is 9.63. The Morgan fingerprint density at radius 1 is 1.41 bits per heavy atom. The number of aromatic amines is 1. The molecule has 0 fully saturated rings. The van der Waals surface area contributed by atoms with Gasteiger partial charge in [0.25, 0.3) is 0 Å². The van der Waals surface area contributed by atoms with Crippen LogP contribution in [-0.4, -0.2) is 21.1 Å². The van der Waals surface area contributed by atoms with Crippen molar-refractivity contribution in [3.8, 4) is 0 Å². The van der Waals surface area contributed by atoms with Crippen molar-refractivity contribution in [2.75, 3.05) is 0 Å². The first-order chi connectivity index (χ1) is 8.31. The summed E-state index contributed by atoms with van der Waals surface area (Å²) in [6.45, 7) is 2.10. The van der Waals surface area contributed by atoms with Crippen molar-refractivity contribution in [3.63, 3.8) is 0 Å². The Bertz CT molecular complexity index is 553. The largest absolute Gasteiger partial charge is 0.250 e. The fourth-order valence-corrected chi connectivity index (χ4v) is 1.69. The van der Waals surface area contributed by atoms with Crippen molar-refractivity contribution >= 4 is 18.4 Å². The second-order valence-electron chi connectivity index (χ2n) is 3.66. The molecule has 0 saturated carbocycles. The Morgan fingerprint density at radius 3 is 2.88 bits per heavy atom. The number of nitrogens with one attached hydrogen (secondary N) is 1. The van der Waals surface area contributed by atoms with Crippen molar-refractivity contribution < 1.29 is 0 Å². The second kappa shape index (κ2) is 5.54. The van der Waals surface area contributed by atoms with E-state index < -0.39 is 0 Å². The fraction of sp³-hybridized carbons (Fsp3) is 0.250. The monoisotopic (exact) mass is 246 g/mol. The zero-order valence-corrected chi connectivity index (χ0v) is 10.4. The van der Waals surface area contributed by atoms with Gasteiger partial charge in [0.05, 0.1) is 6.21 Å². The van der Waals surface area contributed by atoms with Crippen LogP contribution in [0.2, 0.25) is 0 Å². The van der Waals surface area contributed by atoms with Gasteiger partial charge in [0.2, 0.25) is 4.77 Å². The van der Waals surface area contributed by atoms with E-state index in [4.69, 9.17) is 12.2 Å². The van der Waals surface area contributed by atoms with Crippen LogP contribution < -0.4 is 0 Å². The molecule has 2 aromatic rings. The molecule has 0 amide bonds. The molecule has 5 heteroatoms. The highest BCUT2D eigenvalue weighted by Crippen LogP contribution is 2.02. The van der Waals surface area contributed by atoms with Crippen molar-refractivity contribution in [1.82, 2.24) is 14.9 Å². The van der Waals surface area contributed by atoms with E-state index in [1.807, 2.05) is 30.3 Å². The molecule has 0 radical (unpaired) electrons. The number of hydrogen-bond donors (Lipinski definition) is 1. The number of nitrogens with zero attached hydrogens (tertiary/aromatic N) is 3. The van der Waals surface area contributed by atoms with Crippen LogP contribution >= 0.6 is 12.2 Å². The van der Waals surface area contributed by atoms with E-state index in [9.17, 15) is 0 Å². The minimum Gasteiger partial charge on any atom is -0.250 e. The number of H-pyrrole nitrogens is 1. The zero-order chi connectivity index (χ0) is 12.1. The number of aromatic nitrogens is 3. The molecule has 1 aromatic heterocycles. The molecule has 0 unspecified atom stereocenters. The van der Waals surface area contributed by atoms with Crippen molar-refractivity contribution in [2.45, 2.75) is 19.8 Å². The molecule has 17 heavy (non-hydrogen) atoms. The standard InChI is InChI=1S/C12H14N4S/c1-2-6-11-14-15-12(17)16(11)13-9-10-7-4-3-5-8-10/h3-5,7-9H,2,6H2,1H3,(H,15,17)/b13-9-. The lowest BCUT2D eigenvalue weighted by Gasteiger charge is -1.97. The predicted molar refractivity (Wildman–Crippen MR) is 70.8 cm³/mol. The summed E-state index contributed by atoms with van der Waals surface area (Å²) >= 11 is 5.13. The highest BCUT2D eigenvalue weighted by atomic mass is 32.1. The Balaban J connectivity index is 2.26. The van der Waals surface area contributed by atoms with Crippen LogP contribution in [0.4, 0.5) is 0 Å². The van der Waals surface area contributed by atoms with Gasteiger partial charge < -0.3 is 0 Å². The van der Waals surface area contributed by atoms with Gasteiger partial charge >= 0.3 is 0 Å². The predicted octanol–water partition coefficient (Wildman–Crippen LogP) is 2.78. The Hall–Kier alpha value is -1.75. The van der Waals surface area contributed by atoms with Gasteiger partial charge in [-0.15, -0.1) is 0 Å². The van der Waals surface area contributed by atoms with E-state index in [1.54, 1.807) is 10.9 Å². The summed E-state index contributed by atoms with van der Waals surface area (Å²) in [5.41, 5.74) is 1.04. The molecule has 1 N–H and O–H groups in total. The van der Waals surface area contributed by atoms with E-state index in [1.165, 1.54) is 0 Å². The average molecular weight is 246 g/mol. The van der Waals surface area contributed by atoms with E-state index in [0.717, 1.165) is 24.2 Å². The molecular weight excluding hydrogens is 232 g/mol. The average Bonchev–Trinajstić information content (AvgIpc) is 2.70. The van der Waals surface area contributed by atoms with Crippen molar-refractivity contribution in [2.24, 2.45) is 5.10 Å². The third-order valence-corrected chi connectivity index (χ3v) is 2.58. The first-order valence-corrected chi connectivity index (χ1v) is 5.98. The summed E-state index contributed by atoms with van der Waals surface area (Å²) in [5, 5.41) is 11.3. The van der Waals surface area contributed by atoms with Crippen LogP contribution in [0.25, 0.3) is 0 Å². The van der Waals surface area contributed by atoms with Gasteiger partial charge in [-0.25, -0.2) is 0 Å². The van der Waals surface area contributed by atoms with Gasteiger partial charge in [-0.05, 0) is 24.2 Å². The molecule has 2 rings (SSSR count). The van der Waals surface area contributed by atoms with E-state index in [2.05, 4.69) is 22.2 Å². The first-order valence-electron chi connectivity index (χ1n) is 5.57. The summed E-state index contributed by atoms with van der Waals surface area (Å²) in [5.74, 6) is 0.865. The van der Waals surface area contributed by atoms with Crippen LogP contribution in [0.5, 0.6) is 0 Å². The lowest BCUT2D eigenvalue weighted by molar-refractivity contribution is 0.740. The minimum atomic E-state index is 0.528. The molecule has 4 nitrogen and oxygen atoms in total. The highest BCUT2D eigenvalue weighted by molar-refractivity contribution is 7.71. The minimum absolute atomic E-state index is 0.528. The molecule has 0 aliphatic rings. The summed E-state index contributed by atoms with van der Waals surface area (Å²) < 4.78 is 2.20. The quantitative estimate of drug-likeness (QED) is 0.666. The smallest absolute Gasteiger partial charge is 0.216 e. The second-order valence-corrected chi connectivity index (χ2v) is 4.05. The number of benzene rings is 1. The Kier molecular flexibility index (Phi) is 3.82. The topological polar surface area (TPSA) is 46.0 Å². The molecule has 88 valence electrons. The summed E-state index contributed by atoms with van der Waals surface area (Å²) in [6, 6.07) is 9.91. The molecule has 0 atom stereocenters. The van der Waals surface area contributed by atoms with Gasteiger partial charge in [0.15, 0.2) is 5.82 Å². The molecule has 0 saturated heterocycles. The van der Waals surface area contributed by atoms with Gasteiger partial charge in [0.1, 0.15) is 0 Å². The van der Waals surface area contributed by atoms with E-state index in [-0.39, 0.29) is 0 Å². The summed E-state index contributed by atoms with van der Waals surface area (Å²) in [6.07, 6.45) is 3.66. The SMILES string of the molecule is CCCc1n[nH]c(=S)n1/N=C\c1ccccc1. The van der Waals surface area contributed by atoms with Crippen molar-refractivity contribution in [1.29, 1.82) is 0 Å². The highest BCUT2D eigenvalue weighted by Gasteiger charge is 2.02.